The highest BCUT2D eigenvalue weighted by molar-refractivity contribution is 7.89. The second-order valence-corrected chi connectivity index (χ2v) is 7.39. The van der Waals surface area contributed by atoms with Crippen molar-refractivity contribution < 1.29 is 17.9 Å². The summed E-state index contributed by atoms with van der Waals surface area (Å²) in [6.07, 6.45) is 4.96. The fourth-order valence-corrected chi connectivity index (χ4v) is 4.13. The minimum Gasteiger partial charge on any atom is -0.496 e. The highest BCUT2D eigenvalue weighted by atomic mass is 32.2. The third-order valence-electron chi connectivity index (χ3n) is 3.99. The van der Waals surface area contributed by atoms with E-state index < -0.39 is 10.0 Å². The van der Waals surface area contributed by atoms with E-state index in [1.807, 2.05) is 0 Å². The van der Waals surface area contributed by atoms with Crippen LogP contribution >= 0.6 is 0 Å². The van der Waals surface area contributed by atoms with E-state index in [0.29, 0.717) is 12.3 Å². The van der Waals surface area contributed by atoms with Gasteiger partial charge < -0.3 is 10.1 Å². The van der Waals surface area contributed by atoms with E-state index in [1.54, 1.807) is 6.92 Å². The normalized spacial score (nSPS) is 16.1. The molecule has 6 nitrogen and oxygen atoms in total. The zero-order chi connectivity index (χ0) is 16.9. The van der Waals surface area contributed by atoms with Crippen LogP contribution < -0.4 is 14.8 Å². The number of nitrogens with one attached hydrogen (secondary N) is 2. The first-order chi connectivity index (χ1) is 11.0. The molecule has 23 heavy (non-hydrogen) atoms. The highest BCUT2D eigenvalue weighted by Gasteiger charge is 2.24. The lowest BCUT2D eigenvalue weighted by molar-refractivity contribution is 0.0952. The van der Waals surface area contributed by atoms with Gasteiger partial charge in [-0.2, -0.15) is 0 Å². The number of sulfonamides is 1. The summed E-state index contributed by atoms with van der Waals surface area (Å²) in [4.78, 5) is 12.2. The van der Waals surface area contributed by atoms with E-state index in [1.165, 1.54) is 25.3 Å². The van der Waals surface area contributed by atoms with Gasteiger partial charge in [-0.3, -0.25) is 4.79 Å². The Morgan fingerprint density at radius 1 is 1.26 bits per heavy atom. The second-order valence-electron chi connectivity index (χ2n) is 5.68. The van der Waals surface area contributed by atoms with Crippen LogP contribution in [0.15, 0.2) is 23.1 Å². The van der Waals surface area contributed by atoms with Gasteiger partial charge in [0.2, 0.25) is 10.0 Å². The highest BCUT2D eigenvalue weighted by Crippen LogP contribution is 2.24. The summed E-state index contributed by atoms with van der Waals surface area (Å²) in [6.45, 7) is 2.26. The van der Waals surface area contributed by atoms with E-state index in [-0.39, 0.29) is 22.4 Å². The van der Waals surface area contributed by atoms with Crippen molar-refractivity contribution in [1.82, 2.24) is 10.0 Å². The third-order valence-corrected chi connectivity index (χ3v) is 5.51. The van der Waals surface area contributed by atoms with E-state index in [4.69, 9.17) is 4.74 Å². The standard InChI is InChI=1S/C16H24N2O4S/c1-3-17-16(19)14-11-13(9-10-15(14)22-2)23(20,21)18-12-7-5-4-6-8-12/h9-12,18H,3-8H2,1-2H3,(H,17,19). The Labute approximate surface area is 137 Å². The third kappa shape index (κ3) is 4.45. The van der Waals surface area contributed by atoms with Crippen LogP contribution in [0.2, 0.25) is 0 Å². The molecule has 2 N–H and O–H groups in total. The van der Waals surface area contributed by atoms with Crippen molar-refractivity contribution in [2.75, 3.05) is 13.7 Å². The summed E-state index contributed by atoms with van der Waals surface area (Å²) in [5.41, 5.74) is 0.223. The Morgan fingerprint density at radius 3 is 2.57 bits per heavy atom. The summed E-state index contributed by atoms with van der Waals surface area (Å²) >= 11 is 0. The predicted octanol–water partition coefficient (Wildman–Crippen LogP) is 2.06. The Balaban J connectivity index is 2.27. The van der Waals surface area contributed by atoms with Gasteiger partial charge >= 0.3 is 0 Å². The number of hydrogen-bond donors (Lipinski definition) is 2. The van der Waals surface area contributed by atoms with Crippen molar-refractivity contribution in [3.05, 3.63) is 23.8 Å². The van der Waals surface area contributed by atoms with Gasteiger partial charge in [-0.1, -0.05) is 19.3 Å². The van der Waals surface area contributed by atoms with Crippen molar-refractivity contribution in [2.45, 2.75) is 50.0 Å². The van der Waals surface area contributed by atoms with Crippen LogP contribution in [0.5, 0.6) is 5.75 Å². The van der Waals surface area contributed by atoms with Gasteiger partial charge in [0.1, 0.15) is 5.75 Å². The average Bonchev–Trinajstić information content (AvgIpc) is 2.55. The zero-order valence-corrected chi connectivity index (χ0v) is 14.4. The molecular formula is C16H24N2O4S. The van der Waals surface area contributed by atoms with Gasteiger partial charge in [-0.25, -0.2) is 13.1 Å². The molecule has 1 saturated carbocycles. The van der Waals surface area contributed by atoms with Crippen LogP contribution in [0.4, 0.5) is 0 Å². The number of methoxy groups -OCH3 is 1. The van der Waals surface area contributed by atoms with Gasteiger partial charge in [-0.05, 0) is 38.0 Å². The molecule has 0 bridgehead atoms. The maximum Gasteiger partial charge on any atom is 0.255 e. The number of rotatable bonds is 6. The lowest BCUT2D eigenvalue weighted by atomic mass is 9.96. The largest absolute Gasteiger partial charge is 0.496 e. The average molecular weight is 340 g/mol. The Morgan fingerprint density at radius 2 is 1.96 bits per heavy atom. The molecule has 0 spiro atoms. The molecule has 1 aliphatic carbocycles. The van der Waals surface area contributed by atoms with E-state index in [9.17, 15) is 13.2 Å². The van der Waals surface area contributed by atoms with Gasteiger partial charge in [0.05, 0.1) is 17.6 Å². The van der Waals surface area contributed by atoms with E-state index in [0.717, 1.165) is 32.1 Å². The molecule has 0 heterocycles. The first-order valence-electron chi connectivity index (χ1n) is 7.96. The summed E-state index contributed by atoms with van der Waals surface area (Å²) in [6, 6.07) is 4.32. The Bertz CT molecular complexity index is 652. The maximum absolute atomic E-state index is 12.5. The van der Waals surface area contributed by atoms with Crippen LogP contribution in [-0.4, -0.2) is 34.0 Å². The van der Waals surface area contributed by atoms with Crippen LogP contribution in [0, 0.1) is 0 Å². The maximum atomic E-state index is 12.5. The lowest BCUT2D eigenvalue weighted by Gasteiger charge is -2.22. The monoisotopic (exact) mass is 340 g/mol. The smallest absolute Gasteiger partial charge is 0.255 e. The number of carbonyl (C=O) groups is 1. The van der Waals surface area contributed by atoms with Gasteiger partial charge in [0.25, 0.3) is 5.91 Å². The summed E-state index contributed by atoms with van der Waals surface area (Å²) in [5, 5.41) is 2.66. The lowest BCUT2D eigenvalue weighted by Crippen LogP contribution is -2.36. The first-order valence-corrected chi connectivity index (χ1v) is 9.45. The molecule has 0 aliphatic heterocycles. The molecule has 2 rings (SSSR count). The molecule has 0 atom stereocenters. The van der Waals surface area contributed by atoms with Crippen molar-refractivity contribution in [1.29, 1.82) is 0 Å². The van der Waals surface area contributed by atoms with Crippen molar-refractivity contribution in [3.63, 3.8) is 0 Å². The molecule has 1 aromatic carbocycles. The summed E-state index contributed by atoms with van der Waals surface area (Å²) in [7, 11) is -2.19. The second kappa shape index (κ2) is 7.79. The molecule has 0 aromatic heterocycles. The zero-order valence-electron chi connectivity index (χ0n) is 13.6. The van der Waals surface area contributed by atoms with Gasteiger partial charge in [0, 0.05) is 12.6 Å². The first kappa shape index (κ1) is 17.7. The van der Waals surface area contributed by atoms with E-state index in [2.05, 4.69) is 10.0 Å². The molecule has 0 unspecified atom stereocenters. The molecule has 0 radical (unpaired) electrons. The van der Waals surface area contributed by atoms with Crippen molar-refractivity contribution in [3.8, 4) is 5.75 Å². The fourth-order valence-electron chi connectivity index (χ4n) is 2.80. The van der Waals surface area contributed by atoms with Crippen molar-refractivity contribution >= 4 is 15.9 Å². The van der Waals surface area contributed by atoms with Gasteiger partial charge in [0.15, 0.2) is 0 Å². The van der Waals surface area contributed by atoms with Gasteiger partial charge in [-0.15, -0.1) is 0 Å². The quantitative estimate of drug-likeness (QED) is 0.830. The SMILES string of the molecule is CCNC(=O)c1cc(S(=O)(=O)NC2CCCCC2)ccc1OC. The molecule has 7 heteroatoms. The number of ether oxygens (including phenoxy) is 1. The topological polar surface area (TPSA) is 84.5 Å². The Kier molecular flexibility index (Phi) is 6.01. The molecular weight excluding hydrogens is 316 g/mol. The van der Waals surface area contributed by atoms with E-state index >= 15 is 0 Å². The summed E-state index contributed by atoms with van der Waals surface area (Å²) < 4.78 is 33.0. The number of hydrogen-bond acceptors (Lipinski definition) is 4. The molecule has 0 saturated heterocycles. The van der Waals surface area contributed by atoms with Crippen LogP contribution in [-0.2, 0) is 10.0 Å². The number of carbonyl (C=O) groups excluding carboxylic acids is 1. The van der Waals surface area contributed by atoms with Crippen LogP contribution in [0.1, 0.15) is 49.4 Å². The molecule has 1 fully saturated rings. The molecule has 1 aliphatic rings. The number of amides is 1. The molecule has 1 aromatic rings. The minimum absolute atomic E-state index is 0.0243. The number of benzene rings is 1. The van der Waals surface area contributed by atoms with Crippen LogP contribution in [0.25, 0.3) is 0 Å². The Hall–Kier alpha value is -1.60. The molecule has 128 valence electrons. The minimum atomic E-state index is -3.64. The van der Waals surface area contributed by atoms with Crippen LogP contribution in [0.3, 0.4) is 0 Å². The fraction of sp³-hybridized carbons (Fsp3) is 0.562. The van der Waals surface area contributed by atoms with Crippen molar-refractivity contribution in [2.24, 2.45) is 0 Å². The predicted molar refractivity (Wildman–Crippen MR) is 88.2 cm³/mol. The summed E-state index contributed by atoms with van der Waals surface area (Å²) in [5.74, 6) is 0.00614. The molecule has 1 amide bonds.